The minimum Gasteiger partial charge on any atom is -0.468 e. The van der Waals surface area contributed by atoms with E-state index < -0.39 is 10.8 Å². The van der Waals surface area contributed by atoms with E-state index in [4.69, 9.17) is 16.3 Å². The lowest BCUT2D eigenvalue weighted by Gasteiger charge is -2.36. The van der Waals surface area contributed by atoms with Crippen LogP contribution in [-0.2, 0) is 9.53 Å². The fraction of sp³-hybridized carbons (Fsp3) is 0.211. The summed E-state index contributed by atoms with van der Waals surface area (Å²) >= 11 is 6.88. The Kier molecular flexibility index (Phi) is 3.50. The normalized spacial score (nSPS) is 24.5. The highest BCUT2D eigenvalue weighted by Crippen LogP contribution is 2.49. The Labute approximate surface area is 145 Å². The van der Waals surface area contributed by atoms with Crippen molar-refractivity contribution in [3.63, 3.8) is 0 Å². The Bertz CT molecular complexity index is 808. The molecule has 24 heavy (non-hydrogen) atoms. The third kappa shape index (κ3) is 2.10. The summed E-state index contributed by atoms with van der Waals surface area (Å²) in [6.45, 7) is 0.342. The van der Waals surface area contributed by atoms with Crippen molar-refractivity contribution in [3.05, 3.63) is 71.9 Å². The number of nitrogens with zero attached hydrogens (tertiary/aromatic N) is 2. The molecule has 0 spiro atoms. The molecule has 0 aliphatic carbocycles. The van der Waals surface area contributed by atoms with E-state index in [9.17, 15) is 4.79 Å². The third-order valence-corrected chi connectivity index (χ3v) is 5.11. The molecule has 4 rings (SSSR count). The molecule has 4 nitrogen and oxygen atoms in total. The average Bonchev–Trinajstić information content (AvgIpc) is 2.96. The van der Waals surface area contributed by atoms with E-state index >= 15 is 0 Å². The molecule has 0 radical (unpaired) electrons. The predicted molar refractivity (Wildman–Crippen MR) is 94.4 cm³/mol. The fourth-order valence-electron chi connectivity index (χ4n) is 3.53. The number of rotatable bonds is 2. The second-order valence-corrected chi connectivity index (χ2v) is 6.65. The molecule has 0 amide bonds. The van der Waals surface area contributed by atoms with Gasteiger partial charge in [0.25, 0.3) is 0 Å². The first-order valence-corrected chi connectivity index (χ1v) is 8.18. The van der Waals surface area contributed by atoms with Gasteiger partial charge in [-0.15, -0.1) is 11.6 Å². The van der Waals surface area contributed by atoms with E-state index in [1.165, 1.54) is 7.11 Å². The van der Waals surface area contributed by atoms with Crippen molar-refractivity contribution < 1.29 is 9.53 Å². The second-order valence-electron chi connectivity index (χ2n) is 5.97. The Morgan fingerprint density at radius 1 is 1.17 bits per heavy atom. The maximum Gasteiger partial charge on any atom is 0.331 e. The summed E-state index contributed by atoms with van der Waals surface area (Å²) in [5.74, 6) is -0.414. The monoisotopic (exact) mass is 340 g/mol. The molecule has 0 bridgehead atoms. The van der Waals surface area contributed by atoms with Crippen molar-refractivity contribution in [1.82, 2.24) is 5.01 Å². The zero-order valence-corrected chi connectivity index (χ0v) is 14.0. The van der Waals surface area contributed by atoms with Gasteiger partial charge in [-0.1, -0.05) is 42.5 Å². The Morgan fingerprint density at radius 3 is 2.62 bits per heavy atom. The maximum absolute atomic E-state index is 12.5. The molecule has 2 heterocycles. The van der Waals surface area contributed by atoms with E-state index in [1.807, 2.05) is 76.9 Å². The van der Waals surface area contributed by atoms with Crippen molar-refractivity contribution in [2.75, 3.05) is 18.7 Å². The number of hydrogen-bond acceptors (Lipinski definition) is 4. The number of carbonyl (C=O) groups excluding carboxylic acids is 1. The number of halogens is 1. The summed E-state index contributed by atoms with van der Waals surface area (Å²) in [4.78, 5) is 11.4. The number of alkyl halides is 1. The number of methoxy groups -OCH3 is 1. The van der Waals surface area contributed by atoms with Crippen LogP contribution < -0.4 is 5.01 Å². The smallest absolute Gasteiger partial charge is 0.331 e. The molecule has 2 atom stereocenters. The van der Waals surface area contributed by atoms with Crippen LogP contribution in [0.5, 0.6) is 0 Å². The summed E-state index contributed by atoms with van der Waals surface area (Å²) in [6, 6.07) is 17.6. The molecule has 2 aromatic rings. The van der Waals surface area contributed by atoms with Crippen LogP contribution in [0.2, 0.25) is 0 Å². The number of benzene rings is 2. The van der Waals surface area contributed by atoms with Crippen molar-refractivity contribution in [2.45, 2.75) is 10.9 Å². The van der Waals surface area contributed by atoms with Gasteiger partial charge in [-0.3, -0.25) is 10.0 Å². The third-order valence-electron chi connectivity index (χ3n) is 4.63. The SMILES string of the molecule is COC(=O)[C@]1(Cl)CN(c2ccccc2)N2C=Cc3ccccc3[C@@H]21. The molecular formula is C19H17ClN2O2. The lowest BCUT2D eigenvalue weighted by Crippen LogP contribution is -2.42. The van der Waals surface area contributed by atoms with E-state index in [-0.39, 0.29) is 6.04 Å². The van der Waals surface area contributed by atoms with Gasteiger partial charge in [0.05, 0.1) is 19.3 Å². The highest BCUT2D eigenvalue weighted by atomic mass is 35.5. The first-order valence-electron chi connectivity index (χ1n) is 7.80. The van der Waals surface area contributed by atoms with Crippen molar-refractivity contribution in [2.24, 2.45) is 0 Å². The number of ether oxygens (including phenoxy) is 1. The summed E-state index contributed by atoms with van der Waals surface area (Å²) < 4.78 is 5.04. The predicted octanol–water partition coefficient (Wildman–Crippen LogP) is 3.60. The van der Waals surface area contributed by atoms with E-state index in [0.29, 0.717) is 6.54 Å². The van der Waals surface area contributed by atoms with Crippen LogP contribution in [0.1, 0.15) is 17.2 Å². The van der Waals surface area contributed by atoms with Crippen LogP contribution in [0.4, 0.5) is 5.69 Å². The Hall–Kier alpha value is -2.46. The van der Waals surface area contributed by atoms with Gasteiger partial charge < -0.3 is 4.74 Å². The molecule has 1 saturated heterocycles. The highest BCUT2D eigenvalue weighted by molar-refractivity contribution is 6.35. The van der Waals surface area contributed by atoms with Gasteiger partial charge in [-0.25, -0.2) is 4.79 Å². The summed E-state index contributed by atoms with van der Waals surface area (Å²) in [6.07, 6.45) is 4.02. The van der Waals surface area contributed by atoms with Crippen LogP contribution in [0.3, 0.4) is 0 Å². The Balaban J connectivity index is 1.86. The van der Waals surface area contributed by atoms with Crippen LogP contribution in [-0.4, -0.2) is 29.5 Å². The molecular weight excluding hydrogens is 324 g/mol. The number of fused-ring (bicyclic) bond motifs is 3. The quantitative estimate of drug-likeness (QED) is 0.617. The second kappa shape index (κ2) is 5.56. The molecule has 0 aromatic heterocycles. The zero-order valence-electron chi connectivity index (χ0n) is 13.2. The molecule has 0 unspecified atom stereocenters. The number of hydrazine groups is 1. The summed E-state index contributed by atoms with van der Waals surface area (Å²) in [5.41, 5.74) is 3.08. The van der Waals surface area contributed by atoms with E-state index in [2.05, 4.69) is 0 Å². The summed E-state index contributed by atoms with van der Waals surface area (Å²) in [5, 5.41) is 4.06. The number of hydrogen-bond donors (Lipinski definition) is 0. The van der Waals surface area contributed by atoms with Gasteiger partial charge in [0.2, 0.25) is 0 Å². The van der Waals surface area contributed by atoms with Gasteiger partial charge in [-0.05, 0) is 29.3 Å². The van der Waals surface area contributed by atoms with Crippen LogP contribution in [0, 0.1) is 0 Å². The number of para-hydroxylation sites is 1. The first kappa shape index (κ1) is 15.1. The zero-order chi connectivity index (χ0) is 16.7. The van der Waals surface area contributed by atoms with Crippen molar-refractivity contribution in [3.8, 4) is 0 Å². The van der Waals surface area contributed by atoms with Gasteiger partial charge >= 0.3 is 5.97 Å². The first-order chi connectivity index (χ1) is 11.6. The molecule has 2 aliphatic heterocycles. The number of anilines is 1. The molecule has 2 aliphatic rings. The van der Waals surface area contributed by atoms with Gasteiger partial charge in [0.15, 0.2) is 4.87 Å². The topological polar surface area (TPSA) is 32.8 Å². The van der Waals surface area contributed by atoms with Gasteiger partial charge in [0.1, 0.15) is 6.04 Å². The van der Waals surface area contributed by atoms with Crippen molar-refractivity contribution in [1.29, 1.82) is 0 Å². The molecule has 0 saturated carbocycles. The van der Waals surface area contributed by atoms with Gasteiger partial charge in [0, 0.05) is 6.20 Å². The van der Waals surface area contributed by atoms with E-state index in [0.717, 1.165) is 16.8 Å². The van der Waals surface area contributed by atoms with Crippen molar-refractivity contribution >= 4 is 29.3 Å². The molecule has 0 N–H and O–H groups in total. The standard InChI is InChI=1S/C19H17ClN2O2/c1-24-18(23)19(20)13-22(15-8-3-2-4-9-15)21-12-11-14-7-5-6-10-16(14)17(19)21/h2-12,17H,13H2,1H3/t17-,19+/m1/s1. The van der Waals surface area contributed by atoms with Crippen LogP contribution in [0.25, 0.3) is 6.08 Å². The summed E-state index contributed by atoms with van der Waals surface area (Å²) in [7, 11) is 1.38. The highest BCUT2D eigenvalue weighted by Gasteiger charge is 2.57. The lowest BCUT2D eigenvalue weighted by molar-refractivity contribution is -0.144. The lowest BCUT2D eigenvalue weighted by atomic mass is 9.88. The van der Waals surface area contributed by atoms with E-state index in [1.54, 1.807) is 0 Å². The number of esters is 1. The molecule has 1 fully saturated rings. The largest absolute Gasteiger partial charge is 0.468 e. The maximum atomic E-state index is 12.5. The molecule has 5 heteroatoms. The molecule has 2 aromatic carbocycles. The van der Waals surface area contributed by atoms with Gasteiger partial charge in [-0.2, -0.15) is 0 Å². The van der Waals surface area contributed by atoms with Crippen LogP contribution in [0.15, 0.2) is 60.8 Å². The fourth-order valence-corrected chi connectivity index (χ4v) is 3.94. The Morgan fingerprint density at radius 2 is 1.88 bits per heavy atom. The molecule has 122 valence electrons. The number of carbonyl (C=O) groups is 1. The average molecular weight is 341 g/mol. The minimum atomic E-state index is -1.18. The van der Waals surface area contributed by atoms with Crippen LogP contribution >= 0.6 is 11.6 Å². The minimum absolute atomic E-state index is 0.312.